The summed E-state index contributed by atoms with van der Waals surface area (Å²) in [4.78, 5) is 12.3. The zero-order valence-corrected chi connectivity index (χ0v) is 14.6. The number of hydrogen-bond donors (Lipinski definition) is 1. The van der Waals surface area contributed by atoms with Gasteiger partial charge in [-0.2, -0.15) is 5.10 Å². The average Bonchev–Trinajstić information content (AvgIpc) is 2.69. The van der Waals surface area contributed by atoms with Gasteiger partial charge in [0.25, 0.3) is 0 Å². The largest absolute Gasteiger partial charge is 0.326 e. The summed E-state index contributed by atoms with van der Waals surface area (Å²) in [5.41, 5.74) is 3.54. The van der Waals surface area contributed by atoms with E-state index in [-0.39, 0.29) is 10.8 Å². The summed E-state index contributed by atoms with van der Waals surface area (Å²) in [5.74, 6) is -0.154. The summed E-state index contributed by atoms with van der Waals surface area (Å²) in [6, 6.07) is 6.26. The van der Waals surface area contributed by atoms with Crippen molar-refractivity contribution in [3.05, 3.63) is 41.2 Å². The molecule has 2 aromatic rings. The highest BCUT2D eigenvalue weighted by atomic mass is 32.2. The number of carbonyl (C=O) groups is 1. The van der Waals surface area contributed by atoms with Crippen LogP contribution >= 0.6 is 0 Å². The Morgan fingerprint density at radius 2 is 2.00 bits per heavy atom. The Labute approximate surface area is 136 Å². The van der Waals surface area contributed by atoms with Gasteiger partial charge in [-0.25, -0.2) is 8.42 Å². The lowest BCUT2D eigenvalue weighted by molar-refractivity contribution is -0.116. The van der Waals surface area contributed by atoms with Gasteiger partial charge in [0, 0.05) is 31.1 Å². The van der Waals surface area contributed by atoms with Crippen LogP contribution in [0.25, 0.3) is 0 Å². The molecule has 0 aliphatic heterocycles. The first-order valence-electron chi connectivity index (χ1n) is 7.27. The monoisotopic (exact) mass is 335 g/mol. The topological polar surface area (TPSA) is 81.1 Å². The van der Waals surface area contributed by atoms with Gasteiger partial charge >= 0.3 is 0 Å². The Hall–Kier alpha value is -2.15. The highest BCUT2D eigenvalue weighted by molar-refractivity contribution is 7.90. The highest BCUT2D eigenvalue weighted by Crippen LogP contribution is 2.17. The predicted octanol–water partition coefficient (Wildman–Crippen LogP) is 2.01. The molecule has 0 aliphatic rings. The number of anilines is 1. The normalized spacial score (nSPS) is 11.5. The maximum Gasteiger partial charge on any atom is 0.224 e. The SMILES string of the molecule is Cc1nn(C)c(C)c1CCC(=O)Nc1cccc(S(C)(=O)=O)c1. The molecule has 1 aromatic heterocycles. The number of hydrogen-bond acceptors (Lipinski definition) is 4. The van der Waals surface area contributed by atoms with E-state index in [0.29, 0.717) is 18.5 Å². The number of amides is 1. The number of nitrogens with one attached hydrogen (secondary N) is 1. The molecule has 0 saturated heterocycles. The van der Waals surface area contributed by atoms with E-state index in [1.807, 2.05) is 20.9 Å². The lowest BCUT2D eigenvalue weighted by Gasteiger charge is -2.07. The quantitative estimate of drug-likeness (QED) is 0.906. The van der Waals surface area contributed by atoms with Gasteiger partial charge in [-0.05, 0) is 44.0 Å². The highest BCUT2D eigenvalue weighted by Gasteiger charge is 2.12. The number of nitrogens with zero attached hydrogens (tertiary/aromatic N) is 2. The fraction of sp³-hybridized carbons (Fsp3) is 0.375. The molecule has 23 heavy (non-hydrogen) atoms. The van der Waals surface area contributed by atoms with Crippen LogP contribution in [0.15, 0.2) is 29.2 Å². The maximum atomic E-state index is 12.1. The zero-order valence-electron chi connectivity index (χ0n) is 13.8. The van der Waals surface area contributed by atoms with Gasteiger partial charge < -0.3 is 5.32 Å². The third-order valence-electron chi connectivity index (χ3n) is 3.81. The van der Waals surface area contributed by atoms with Crippen LogP contribution in [-0.4, -0.2) is 30.4 Å². The molecule has 0 spiro atoms. The Morgan fingerprint density at radius 1 is 1.30 bits per heavy atom. The van der Waals surface area contributed by atoms with Crippen LogP contribution in [0.1, 0.15) is 23.4 Å². The molecule has 1 heterocycles. The first-order chi connectivity index (χ1) is 10.7. The minimum atomic E-state index is -3.29. The van der Waals surface area contributed by atoms with Crippen LogP contribution in [0.5, 0.6) is 0 Å². The van der Waals surface area contributed by atoms with E-state index in [0.717, 1.165) is 23.2 Å². The molecule has 2 rings (SSSR count). The number of aryl methyl sites for hydroxylation is 2. The second kappa shape index (κ2) is 6.54. The lowest BCUT2D eigenvalue weighted by Crippen LogP contribution is -2.13. The molecule has 0 bridgehead atoms. The second-order valence-electron chi connectivity index (χ2n) is 5.62. The van der Waals surface area contributed by atoms with Gasteiger partial charge in [0.2, 0.25) is 5.91 Å². The molecule has 0 fully saturated rings. The summed E-state index contributed by atoms with van der Waals surface area (Å²) in [5, 5.41) is 7.07. The standard InChI is InChI=1S/C16H21N3O3S/c1-11-15(12(2)19(3)18-11)8-9-16(20)17-13-6-5-7-14(10-13)23(4,21)22/h5-7,10H,8-9H2,1-4H3,(H,17,20). The van der Waals surface area contributed by atoms with Gasteiger partial charge in [0.15, 0.2) is 9.84 Å². The number of sulfone groups is 1. The maximum absolute atomic E-state index is 12.1. The number of aromatic nitrogens is 2. The van der Waals surface area contributed by atoms with Crippen molar-refractivity contribution in [1.82, 2.24) is 9.78 Å². The molecular formula is C16H21N3O3S. The molecule has 0 radical (unpaired) electrons. The van der Waals surface area contributed by atoms with Gasteiger partial charge in [-0.1, -0.05) is 6.07 Å². The Balaban J connectivity index is 2.03. The van der Waals surface area contributed by atoms with Crippen LogP contribution in [0.4, 0.5) is 5.69 Å². The third-order valence-corrected chi connectivity index (χ3v) is 4.92. The third kappa shape index (κ3) is 4.19. The van der Waals surface area contributed by atoms with Crippen LogP contribution in [-0.2, 0) is 28.1 Å². The van der Waals surface area contributed by atoms with E-state index in [9.17, 15) is 13.2 Å². The fourth-order valence-corrected chi connectivity index (χ4v) is 3.11. The summed E-state index contributed by atoms with van der Waals surface area (Å²) in [7, 11) is -1.41. The van der Waals surface area contributed by atoms with E-state index in [4.69, 9.17) is 0 Å². The van der Waals surface area contributed by atoms with Crippen molar-refractivity contribution in [1.29, 1.82) is 0 Å². The van der Waals surface area contributed by atoms with Crippen LogP contribution in [0.2, 0.25) is 0 Å². The van der Waals surface area contributed by atoms with Gasteiger partial charge in [-0.3, -0.25) is 9.48 Å². The Morgan fingerprint density at radius 3 is 2.57 bits per heavy atom. The summed E-state index contributed by atoms with van der Waals surface area (Å²) < 4.78 is 24.9. The van der Waals surface area contributed by atoms with E-state index in [1.165, 1.54) is 12.1 Å². The minimum absolute atomic E-state index is 0.154. The van der Waals surface area contributed by atoms with Crippen molar-refractivity contribution >= 4 is 21.4 Å². The van der Waals surface area contributed by atoms with Crippen molar-refractivity contribution in [2.24, 2.45) is 7.05 Å². The van der Waals surface area contributed by atoms with E-state index < -0.39 is 9.84 Å². The number of carbonyl (C=O) groups excluding carboxylic acids is 1. The first-order valence-corrected chi connectivity index (χ1v) is 9.16. The smallest absolute Gasteiger partial charge is 0.224 e. The number of benzene rings is 1. The predicted molar refractivity (Wildman–Crippen MR) is 89.2 cm³/mol. The Kier molecular flexibility index (Phi) is 4.89. The molecule has 124 valence electrons. The van der Waals surface area contributed by atoms with Crippen LogP contribution in [0, 0.1) is 13.8 Å². The summed E-state index contributed by atoms with van der Waals surface area (Å²) in [6.45, 7) is 3.90. The molecule has 6 nitrogen and oxygen atoms in total. The van der Waals surface area contributed by atoms with E-state index in [1.54, 1.807) is 16.8 Å². The molecule has 0 saturated carbocycles. The van der Waals surface area contributed by atoms with Gasteiger partial charge in [0.05, 0.1) is 10.6 Å². The van der Waals surface area contributed by atoms with E-state index in [2.05, 4.69) is 10.4 Å². The molecule has 0 atom stereocenters. The van der Waals surface area contributed by atoms with E-state index >= 15 is 0 Å². The Bertz CT molecular complexity index is 838. The average molecular weight is 335 g/mol. The van der Waals surface area contributed by atoms with Crippen molar-refractivity contribution in [3.63, 3.8) is 0 Å². The first kappa shape index (κ1) is 17.2. The molecule has 1 aromatic carbocycles. The van der Waals surface area contributed by atoms with Crippen molar-refractivity contribution in [3.8, 4) is 0 Å². The summed E-state index contributed by atoms with van der Waals surface area (Å²) >= 11 is 0. The molecule has 1 amide bonds. The lowest BCUT2D eigenvalue weighted by atomic mass is 10.1. The second-order valence-corrected chi connectivity index (χ2v) is 7.64. The summed E-state index contributed by atoms with van der Waals surface area (Å²) in [6.07, 6.45) is 2.06. The molecule has 0 aliphatic carbocycles. The molecule has 7 heteroatoms. The molecule has 1 N–H and O–H groups in total. The van der Waals surface area contributed by atoms with Crippen LogP contribution < -0.4 is 5.32 Å². The van der Waals surface area contributed by atoms with Gasteiger partial charge in [-0.15, -0.1) is 0 Å². The van der Waals surface area contributed by atoms with Crippen molar-refractivity contribution in [2.75, 3.05) is 11.6 Å². The van der Waals surface area contributed by atoms with Crippen molar-refractivity contribution < 1.29 is 13.2 Å². The number of rotatable bonds is 5. The molecular weight excluding hydrogens is 314 g/mol. The fourth-order valence-electron chi connectivity index (χ4n) is 2.45. The van der Waals surface area contributed by atoms with Gasteiger partial charge in [0.1, 0.15) is 0 Å². The zero-order chi connectivity index (χ0) is 17.2. The van der Waals surface area contributed by atoms with Crippen LogP contribution in [0.3, 0.4) is 0 Å². The minimum Gasteiger partial charge on any atom is -0.326 e. The van der Waals surface area contributed by atoms with Crippen molar-refractivity contribution in [2.45, 2.75) is 31.6 Å². The molecule has 0 unspecified atom stereocenters.